The van der Waals surface area contributed by atoms with Crippen molar-refractivity contribution in [2.75, 3.05) is 13.4 Å². The molecule has 8 nitrogen and oxygen atoms in total. The van der Waals surface area contributed by atoms with Crippen LogP contribution in [0.25, 0.3) is 0 Å². The van der Waals surface area contributed by atoms with Crippen LogP contribution in [0.5, 0.6) is 5.75 Å². The average molecular weight is 420 g/mol. The van der Waals surface area contributed by atoms with Gasteiger partial charge in [0, 0.05) is 24.4 Å². The van der Waals surface area contributed by atoms with Crippen molar-refractivity contribution >= 4 is 11.7 Å². The fourth-order valence-corrected chi connectivity index (χ4v) is 3.71. The van der Waals surface area contributed by atoms with Crippen molar-refractivity contribution in [2.45, 2.75) is 26.1 Å². The molecule has 0 saturated carbocycles. The monoisotopic (exact) mass is 420 g/mol. The first-order valence-corrected chi connectivity index (χ1v) is 9.15. The molecule has 1 amide bonds. The van der Waals surface area contributed by atoms with Crippen LogP contribution >= 0.6 is 0 Å². The number of hydrogen-bond acceptors (Lipinski definition) is 6. The van der Waals surface area contributed by atoms with Crippen molar-refractivity contribution in [3.63, 3.8) is 0 Å². The lowest BCUT2D eigenvalue weighted by atomic mass is 9.76. The minimum atomic E-state index is -1.06. The standard InChI is InChI=1S/C20H18F2N2O6/c1-20-8-29-9-30-14(20)7-24-6-12(16(25)17(26)15(24)18(20)27)19(28)23-5-10-2-3-11(21)4-13(10)22/h2-4,6,14,26H,5,7-9H2,1H3,(H,23,28)/t14-,20-/m0/s1. The lowest BCUT2D eigenvalue weighted by Crippen LogP contribution is -2.55. The number of fused-ring (bicyclic) bond motifs is 2. The summed E-state index contributed by atoms with van der Waals surface area (Å²) in [4.78, 5) is 38.0. The number of carbonyl (C=O) groups is 2. The third-order valence-electron chi connectivity index (χ3n) is 5.52. The lowest BCUT2D eigenvalue weighted by Gasteiger charge is -2.43. The van der Waals surface area contributed by atoms with Gasteiger partial charge in [-0.25, -0.2) is 8.78 Å². The average Bonchev–Trinajstić information content (AvgIpc) is 2.70. The molecule has 158 valence electrons. The number of Topliss-reactive ketones (excluding diaryl/α,β-unsaturated/α-hetero) is 1. The van der Waals surface area contributed by atoms with Crippen LogP contribution in [0, 0.1) is 17.0 Å². The van der Waals surface area contributed by atoms with Crippen molar-refractivity contribution in [2.24, 2.45) is 5.41 Å². The van der Waals surface area contributed by atoms with Gasteiger partial charge in [-0.2, -0.15) is 0 Å². The van der Waals surface area contributed by atoms with E-state index in [1.54, 1.807) is 6.92 Å². The van der Waals surface area contributed by atoms with Gasteiger partial charge in [-0.3, -0.25) is 14.4 Å². The first kappa shape index (κ1) is 20.2. The van der Waals surface area contributed by atoms with E-state index in [0.29, 0.717) is 6.07 Å². The summed E-state index contributed by atoms with van der Waals surface area (Å²) < 4.78 is 38.8. The smallest absolute Gasteiger partial charge is 0.257 e. The number of hydrogen-bond donors (Lipinski definition) is 2. The van der Waals surface area contributed by atoms with Crippen LogP contribution in [-0.2, 0) is 22.6 Å². The predicted octanol–water partition coefficient (Wildman–Crippen LogP) is 1.34. The van der Waals surface area contributed by atoms with Gasteiger partial charge in [0.15, 0.2) is 11.5 Å². The maximum absolute atomic E-state index is 13.7. The summed E-state index contributed by atoms with van der Waals surface area (Å²) in [7, 11) is 0. The van der Waals surface area contributed by atoms with Crippen LogP contribution < -0.4 is 10.7 Å². The minimum Gasteiger partial charge on any atom is -0.503 e. The summed E-state index contributed by atoms with van der Waals surface area (Å²) in [5.74, 6) is -3.84. The van der Waals surface area contributed by atoms with E-state index in [4.69, 9.17) is 9.47 Å². The van der Waals surface area contributed by atoms with Gasteiger partial charge in [0.25, 0.3) is 5.91 Å². The van der Waals surface area contributed by atoms with Gasteiger partial charge in [-0.15, -0.1) is 0 Å². The molecule has 0 unspecified atom stereocenters. The van der Waals surface area contributed by atoms with Gasteiger partial charge in [-0.05, 0) is 13.0 Å². The summed E-state index contributed by atoms with van der Waals surface area (Å²) in [6, 6.07) is 2.89. The van der Waals surface area contributed by atoms with E-state index in [-0.39, 0.29) is 37.7 Å². The number of pyridine rings is 1. The molecular weight excluding hydrogens is 402 g/mol. The van der Waals surface area contributed by atoms with E-state index in [2.05, 4.69) is 5.32 Å². The SMILES string of the molecule is C[C@]12COCO[C@H]1Cn1cc(C(=O)NCc3ccc(F)cc3F)c(=O)c(O)c1C2=O. The molecular formula is C20H18F2N2O6. The number of rotatable bonds is 3. The molecule has 30 heavy (non-hydrogen) atoms. The zero-order chi connectivity index (χ0) is 21.6. The lowest BCUT2D eigenvalue weighted by molar-refractivity contribution is -0.195. The van der Waals surface area contributed by atoms with Gasteiger partial charge in [0.05, 0.1) is 24.7 Å². The Bertz CT molecular complexity index is 1120. The summed E-state index contributed by atoms with van der Waals surface area (Å²) in [5.41, 5.74) is -2.69. The summed E-state index contributed by atoms with van der Waals surface area (Å²) in [5, 5.41) is 12.8. The second-order valence-electron chi connectivity index (χ2n) is 7.51. The molecule has 0 bridgehead atoms. The summed E-state index contributed by atoms with van der Waals surface area (Å²) in [6.07, 6.45) is 0.613. The fraction of sp³-hybridized carbons (Fsp3) is 0.350. The first-order valence-electron chi connectivity index (χ1n) is 9.15. The Kier molecular flexibility index (Phi) is 4.91. The Morgan fingerprint density at radius 1 is 1.37 bits per heavy atom. The number of ketones is 1. The molecule has 2 atom stereocenters. The van der Waals surface area contributed by atoms with Gasteiger partial charge in [-0.1, -0.05) is 6.07 Å². The van der Waals surface area contributed by atoms with Crippen molar-refractivity contribution < 1.29 is 33.0 Å². The largest absolute Gasteiger partial charge is 0.503 e. The van der Waals surface area contributed by atoms with E-state index in [1.165, 1.54) is 16.8 Å². The van der Waals surface area contributed by atoms with Crippen LogP contribution in [0.3, 0.4) is 0 Å². The normalized spacial score (nSPS) is 22.9. The highest BCUT2D eigenvalue weighted by molar-refractivity contribution is 6.03. The highest BCUT2D eigenvalue weighted by atomic mass is 19.1. The molecule has 2 N–H and O–H groups in total. The minimum absolute atomic E-state index is 0.00558. The molecule has 1 aromatic carbocycles. The van der Waals surface area contributed by atoms with Crippen LogP contribution in [0.2, 0.25) is 0 Å². The molecule has 1 saturated heterocycles. The number of carbonyl (C=O) groups excluding carboxylic acids is 2. The van der Waals surface area contributed by atoms with Gasteiger partial charge in [0.2, 0.25) is 5.43 Å². The molecule has 2 aliphatic heterocycles. The van der Waals surface area contributed by atoms with Crippen LogP contribution in [0.15, 0.2) is 29.2 Å². The highest BCUT2D eigenvalue weighted by Gasteiger charge is 2.50. The zero-order valence-corrected chi connectivity index (χ0v) is 15.9. The highest BCUT2D eigenvalue weighted by Crippen LogP contribution is 2.38. The second-order valence-corrected chi connectivity index (χ2v) is 7.51. The quantitative estimate of drug-likeness (QED) is 0.776. The summed E-state index contributed by atoms with van der Waals surface area (Å²) in [6.45, 7) is 1.54. The number of benzene rings is 1. The topological polar surface area (TPSA) is 107 Å². The Morgan fingerprint density at radius 2 is 2.13 bits per heavy atom. The third kappa shape index (κ3) is 3.17. The molecule has 1 fully saturated rings. The van der Waals surface area contributed by atoms with E-state index in [9.17, 15) is 28.3 Å². The predicted molar refractivity (Wildman–Crippen MR) is 98.0 cm³/mol. The molecule has 0 radical (unpaired) electrons. The molecule has 10 heteroatoms. The molecule has 1 aromatic heterocycles. The number of halogens is 2. The van der Waals surface area contributed by atoms with Crippen LogP contribution in [-0.4, -0.2) is 40.9 Å². The Hall–Kier alpha value is -3.11. The number of nitrogens with one attached hydrogen (secondary N) is 1. The van der Waals surface area contributed by atoms with Crippen molar-refractivity contribution in [1.29, 1.82) is 0 Å². The van der Waals surface area contributed by atoms with Crippen molar-refractivity contribution in [3.8, 4) is 5.75 Å². The van der Waals surface area contributed by atoms with E-state index in [0.717, 1.165) is 6.07 Å². The maximum Gasteiger partial charge on any atom is 0.257 e. The number of aromatic hydroxyl groups is 1. The molecule has 4 rings (SSSR count). The van der Waals surface area contributed by atoms with Gasteiger partial charge in [0.1, 0.15) is 29.7 Å². The van der Waals surface area contributed by atoms with E-state index >= 15 is 0 Å². The molecule has 3 heterocycles. The van der Waals surface area contributed by atoms with Crippen LogP contribution in [0.4, 0.5) is 8.78 Å². The molecule has 2 aliphatic rings. The molecule has 0 spiro atoms. The van der Waals surface area contributed by atoms with E-state index in [1.807, 2.05) is 0 Å². The Balaban J connectivity index is 1.64. The third-order valence-corrected chi connectivity index (χ3v) is 5.52. The maximum atomic E-state index is 13.7. The Morgan fingerprint density at radius 3 is 2.87 bits per heavy atom. The number of ether oxygens (including phenoxy) is 2. The number of aromatic nitrogens is 1. The van der Waals surface area contributed by atoms with Crippen LogP contribution in [0.1, 0.15) is 33.3 Å². The molecule has 0 aliphatic carbocycles. The number of nitrogens with zero attached hydrogens (tertiary/aromatic N) is 1. The van der Waals surface area contributed by atoms with E-state index < -0.39 is 51.6 Å². The van der Waals surface area contributed by atoms with Crippen molar-refractivity contribution in [3.05, 3.63) is 63.1 Å². The summed E-state index contributed by atoms with van der Waals surface area (Å²) >= 11 is 0. The van der Waals surface area contributed by atoms with Gasteiger partial charge < -0.3 is 24.5 Å². The van der Waals surface area contributed by atoms with Crippen molar-refractivity contribution in [1.82, 2.24) is 9.88 Å². The second kappa shape index (κ2) is 7.29. The first-order chi connectivity index (χ1) is 14.2. The fourth-order valence-electron chi connectivity index (χ4n) is 3.71. The Labute approximate surface area is 169 Å². The number of amides is 1. The molecule has 2 aromatic rings. The zero-order valence-electron chi connectivity index (χ0n) is 15.9. The van der Waals surface area contributed by atoms with Gasteiger partial charge >= 0.3 is 0 Å².